The highest BCUT2D eigenvalue weighted by atomic mass is 35.5. The number of aromatic nitrogens is 3. The summed E-state index contributed by atoms with van der Waals surface area (Å²) in [6, 6.07) is 3.29. The van der Waals surface area contributed by atoms with Crippen LogP contribution in [-0.2, 0) is 11.0 Å². The maximum Gasteiger partial charge on any atom is 0.451 e. The zero-order valence-electron chi connectivity index (χ0n) is 11.4. The number of rotatable bonds is 4. The first-order chi connectivity index (χ1) is 10.7. The topological polar surface area (TPSA) is 79.9 Å². The predicted molar refractivity (Wildman–Crippen MR) is 71.5 cm³/mol. The largest absolute Gasteiger partial charge is 0.479 e. The summed E-state index contributed by atoms with van der Waals surface area (Å²) in [7, 11) is 0. The molecule has 0 aliphatic carbocycles. The van der Waals surface area contributed by atoms with E-state index in [2.05, 4.69) is 15.4 Å². The molecular formula is C12H9ClF4N4O2. The SMILES string of the molecule is CC(Oc1ccc(F)cc1Cl)C(=O)Nc1n[nH]c(C(F)(F)F)n1. The highest BCUT2D eigenvalue weighted by molar-refractivity contribution is 6.32. The Bertz CT molecular complexity index is 719. The second kappa shape index (κ2) is 6.41. The van der Waals surface area contributed by atoms with Crippen LogP contribution in [0.2, 0.25) is 5.02 Å². The Morgan fingerprint density at radius 3 is 2.70 bits per heavy atom. The van der Waals surface area contributed by atoms with Crippen LogP contribution < -0.4 is 10.1 Å². The second-order valence-corrected chi connectivity index (χ2v) is 4.74. The van der Waals surface area contributed by atoms with Gasteiger partial charge in [0.05, 0.1) is 5.02 Å². The third-order valence-corrected chi connectivity index (χ3v) is 2.85. The van der Waals surface area contributed by atoms with E-state index in [1.165, 1.54) is 13.0 Å². The van der Waals surface area contributed by atoms with E-state index in [4.69, 9.17) is 16.3 Å². The fourth-order valence-electron chi connectivity index (χ4n) is 1.47. The molecule has 1 amide bonds. The van der Waals surface area contributed by atoms with Crippen LogP contribution in [-0.4, -0.2) is 27.2 Å². The zero-order chi connectivity index (χ0) is 17.2. The molecule has 0 fully saturated rings. The van der Waals surface area contributed by atoms with Crippen molar-refractivity contribution in [2.24, 2.45) is 0 Å². The second-order valence-electron chi connectivity index (χ2n) is 4.33. The Morgan fingerprint density at radius 2 is 2.13 bits per heavy atom. The number of hydrogen-bond donors (Lipinski definition) is 2. The van der Waals surface area contributed by atoms with Gasteiger partial charge in [-0.25, -0.2) is 4.39 Å². The van der Waals surface area contributed by atoms with Gasteiger partial charge in [-0.2, -0.15) is 18.2 Å². The highest BCUT2D eigenvalue weighted by Gasteiger charge is 2.35. The van der Waals surface area contributed by atoms with Crippen molar-refractivity contribution in [3.05, 3.63) is 34.9 Å². The van der Waals surface area contributed by atoms with Gasteiger partial charge in [-0.1, -0.05) is 11.6 Å². The lowest BCUT2D eigenvalue weighted by Crippen LogP contribution is -2.30. The fourth-order valence-corrected chi connectivity index (χ4v) is 1.68. The number of benzene rings is 1. The lowest BCUT2D eigenvalue weighted by atomic mass is 10.3. The van der Waals surface area contributed by atoms with Gasteiger partial charge >= 0.3 is 6.18 Å². The lowest BCUT2D eigenvalue weighted by Gasteiger charge is -2.14. The van der Waals surface area contributed by atoms with Crippen LogP contribution in [0.25, 0.3) is 0 Å². The number of anilines is 1. The predicted octanol–water partition coefficient (Wildman–Crippen LogP) is 3.02. The molecule has 124 valence electrons. The number of carbonyl (C=O) groups is 1. The zero-order valence-corrected chi connectivity index (χ0v) is 12.2. The van der Waals surface area contributed by atoms with E-state index in [1.54, 1.807) is 5.10 Å². The Kier molecular flexibility index (Phi) is 4.73. The third kappa shape index (κ3) is 4.31. The molecule has 2 N–H and O–H groups in total. The molecule has 2 aromatic rings. The molecule has 1 unspecified atom stereocenters. The van der Waals surface area contributed by atoms with Crippen molar-refractivity contribution in [1.29, 1.82) is 0 Å². The Hall–Kier alpha value is -2.36. The maximum absolute atomic E-state index is 12.9. The van der Waals surface area contributed by atoms with Gasteiger partial charge < -0.3 is 4.74 Å². The molecule has 0 saturated carbocycles. The van der Waals surface area contributed by atoms with Gasteiger partial charge in [-0.3, -0.25) is 15.2 Å². The molecule has 23 heavy (non-hydrogen) atoms. The standard InChI is InChI=1S/C12H9ClF4N4O2/c1-5(23-8-3-2-6(14)4-7(8)13)9(22)18-11-19-10(20-21-11)12(15,16)17/h2-5H,1H3,(H2,18,19,20,21,22). The van der Waals surface area contributed by atoms with E-state index >= 15 is 0 Å². The molecule has 0 bridgehead atoms. The van der Waals surface area contributed by atoms with E-state index in [1.807, 2.05) is 0 Å². The Morgan fingerprint density at radius 1 is 1.43 bits per heavy atom. The Balaban J connectivity index is 2.01. The van der Waals surface area contributed by atoms with Crippen LogP contribution in [0.1, 0.15) is 12.7 Å². The van der Waals surface area contributed by atoms with E-state index in [0.717, 1.165) is 12.1 Å². The summed E-state index contributed by atoms with van der Waals surface area (Å²) in [5.41, 5.74) is 0. The van der Waals surface area contributed by atoms with Crippen molar-refractivity contribution in [3.63, 3.8) is 0 Å². The smallest absolute Gasteiger partial charge is 0.451 e. The summed E-state index contributed by atoms with van der Waals surface area (Å²) in [6.07, 6.45) is -5.84. The molecule has 2 rings (SSSR count). The van der Waals surface area contributed by atoms with Gasteiger partial charge in [0.1, 0.15) is 11.6 Å². The summed E-state index contributed by atoms with van der Waals surface area (Å²) >= 11 is 5.74. The molecule has 6 nitrogen and oxygen atoms in total. The van der Waals surface area contributed by atoms with Crippen molar-refractivity contribution in [2.45, 2.75) is 19.2 Å². The minimum Gasteiger partial charge on any atom is -0.479 e. The van der Waals surface area contributed by atoms with E-state index in [0.29, 0.717) is 0 Å². The third-order valence-electron chi connectivity index (χ3n) is 2.56. The van der Waals surface area contributed by atoms with Crippen LogP contribution >= 0.6 is 11.6 Å². The van der Waals surface area contributed by atoms with E-state index in [9.17, 15) is 22.4 Å². The summed E-state index contributed by atoms with van der Waals surface area (Å²) in [4.78, 5) is 14.9. The molecule has 1 aromatic heterocycles. The first-order valence-corrected chi connectivity index (χ1v) is 6.47. The monoisotopic (exact) mass is 352 g/mol. The average molecular weight is 353 g/mol. The van der Waals surface area contributed by atoms with Crippen molar-refractivity contribution in [1.82, 2.24) is 15.2 Å². The summed E-state index contributed by atoms with van der Waals surface area (Å²) in [5, 5.41) is 6.87. The molecule has 0 aliphatic heterocycles. The number of ether oxygens (including phenoxy) is 1. The molecule has 0 saturated heterocycles. The van der Waals surface area contributed by atoms with Crippen LogP contribution in [0.15, 0.2) is 18.2 Å². The Labute approximate surface area is 131 Å². The minimum atomic E-state index is -4.71. The molecule has 0 spiro atoms. The number of aromatic amines is 1. The number of amides is 1. The number of carbonyl (C=O) groups excluding carboxylic acids is 1. The molecular weight excluding hydrogens is 344 g/mol. The first kappa shape index (κ1) is 17.0. The number of H-pyrrole nitrogens is 1. The van der Waals surface area contributed by atoms with Crippen LogP contribution in [0.4, 0.5) is 23.5 Å². The fraction of sp³-hybridized carbons (Fsp3) is 0.250. The van der Waals surface area contributed by atoms with Gasteiger partial charge in [0.25, 0.3) is 5.91 Å². The van der Waals surface area contributed by atoms with Crippen molar-refractivity contribution >= 4 is 23.5 Å². The van der Waals surface area contributed by atoms with Crippen molar-refractivity contribution in [3.8, 4) is 5.75 Å². The van der Waals surface area contributed by atoms with Crippen molar-refractivity contribution in [2.75, 3.05) is 5.32 Å². The van der Waals surface area contributed by atoms with Gasteiger partial charge in [-0.05, 0) is 25.1 Å². The summed E-state index contributed by atoms with van der Waals surface area (Å²) < 4.78 is 55.1. The molecule has 11 heteroatoms. The van der Waals surface area contributed by atoms with Gasteiger partial charge in [0, 0.05) is 0 Å². The number of hydrogen-bond acceptors (Lipinski definition) is 4. The first-order valence-electron chi connectivity index (χ1n) is 6.09. The lowest BCUT2D eigenvalue weighted by molar-refractivity contribution is -0.144. The van der Waals surface area contributed by atoms with Gasteiger partial charge in [0.15, 0.2) is 6.10 Å². The number of halogens is 5. The minimum absolute atomic E-state index is 0.0432. The molecule has 1 aromatic carbocycles. The molecule has 1 heterocycles. The van der Waals surface area contributed by atoms with Gasteiger partial charge in [-0.15, -0.1) is 5.10 Å². The molecule has 0 radical (unpaired) electrons. The number of alkyl halides is 3. The molecule has 0 aliphatic rings. The summed E-state index contributed by atoms with van der Waals surface area (Å²) in [5.74, 6) is -3.24. The van der Waals surface area contributed by atoms with Crippen LogP contribution in [0.5, 0.6) is 5.75 Å². The van der Waals surface area contributed by atoms with E-state index in [-0.39, 0.29) is 10.8 Å². The average Bonchev–Trinajstić information content (AvgIpc) is 2.90. The van der Waals surface area contributed by atoms with Crippen LogP contribution in [0, 0.1) is 5.82 Å². The highest BCUT2D eigenvalue weighted by Crippen LogP contribution is 2.27. The maximum atomic E-state index is 12.9. The van der Waals surface area contributed by atoms with Gasteiger partial charge in [0.2, 0.25) is 11.8 Å². The number of nitrogens with one attached hydrogen (secondary N) is 2. The van der Waals surface area contributed by atoms with E-state index < -0.39 is 35.8 Å². The number of nitrogens with zero attached hydrogens (tertiary/aromatic N) is 2. The van der Waals surface area contributed by atoms with Crippen molar-refractivity contribution < 1.29 is 27.1 Å². The van der Waals surface area contributed by atoms with Crippen LogP contribution in [0.3, 0.4) is 0 Å². The summed E-state index contributed by atoms with van der Waals surface area (Å²) in [6.45, 7) is 1.33. The molecule has 1 atom stereocenters. The quantitative estimate of drug-likeness (QED) is 0.829. The normalized spacial score (nSPS) is 12.8.